The molecule has 0 saturated carbocycles. The minimum absolute atomic E-state index is 0.00771. The van der Waals surface area contributed by atoms with Crippen LogP contribution in [0, 0.1) is 30.0 Å². The number of hydrogen-bond donors (Lipinski definition) is 1. The van der Waals surface area contributed by atoms with Gasteiger partial charge in [-0.2, -0.15) is 0 Å². The number of allylic oxidation sites excluding steroid dienone is 3. The van der Waals surface area contributed by atoms with Crippen molar-refractivity contribution in [2.24, 2.45) is 22.7 Å². The van der Waals surface area contributed by atoms with Gasteiger partial charge in [0.05, 0.1) is 18.6 Å². The lowest BCUT2D eigenvalue weighted by Gasteiger charge is -2.39. The summed E-state index contributed by atoms with van der Waals surface area (Å²) in [4.78, 5) is 8.53. The van der Waals surface area contributed by atoms with Crippen LogP contribution < -0.4 is 5.32 Å². The number of nitrogens with one attached hydrogen (secondary N) is 1. The topological polar surface area (TPSA) is 65.0 Å². The molecule has 3 heterocycles. The van der Waals surface area contributed by atoms with E-state index in [1.54, 1.807) is 19.5 Å². The average Bonchev–Trinajstić information content (AvgIpc) is 3.24. The Kier molecular flexibility index (Phi) is 6.87. The van der Waals surface area contributed by atoms with E-state index in [1.165, 1.54) is 13.2 Å². The predicted octanol–water partition coefficient (Wildman–Crippen LogP) is 3.43. The SMILES string of the molecule is COCCOC1=CC[C@H](F)C(C(OC)C2=CN=C3NC=C(c4cc#cnc4)C(C)C23)C1F. The maximum absolute atomic E-state index is 15.5. The van der Waals surface area contributed by atoms with Crippen molar-refractivity contribution < 1.29 is 23.0 Å². The third-order valence-corrected chi connectivity index (χ3v) is 6.33. The van der Waals surface area contributed by atoms with E-state index in [1.807, 2.05) is 12.3 Å². The number of methoxy groups -OCH3 is 2. The molecule has 1 aliphatic carbocycles. The van der Waals surface area contributed by atoms with Gasteiger partial charge in [0.1, 0.15) is 24.4 Å². The first-order valence-electron chi connectivity index (χ1n) is 10.7. The van der Waals surface area contributed by atoms with E-state index in [4.69, 9.17) is 14.2 Å². The van der Waals surface area contributed by atoms with Gasteiger partial charge in [0.15, 0.2) is 6.17 Å². The number of halogens is 2. The van der Waals surface area contributed by atoms with Gasteiger partial charge in [-0.25, -0.2) is 18.8 Å². The highest BCUT2D eigenvalue weighted by Gasteiger charge is 2.48. The Balaban J connectivity index is 1.57. The van der Waals surface area contributed by atoms with Crippen molar-refractivity contribution in [3.05, 3.63) is 59.9 Å². The third-order valence-electron chi connectivity index (χ3n) is 6.33. The van der Waals surface area contributed by atoms with Crippen LogP contribution in [0.15, 0.2) is 47.1 Å². The number of rotatable bonds is 8. The first-order chi connectivity index (χ1) is 15.6. The number of amidine groups is 1. The number of fused-ring (bicyclic) bond motifs is 1. The molecule has 6 nitrogen and oxygen atoms in total. The number of aliphatic imine (C=N–C) groups is 1. The third kappa shape index (κ3) is 4.15. The molecule has 0 saturated heterocycles. The minimum Gasteiger partial charge on any atom is -0.493 e. The molecular weight excluding hydrogens is 416 g/mol. The molecule has 6 atom stereocenters. The van der Waals surface area contributed by atoms with E-state index in [0.717, 1.165) is 22.5 Å². The van der Waals surface area contributed by atoms with Crippen molar-refractivity contribution in [2.75, 3.05) is 27.4 Å². The molecule has 4 rings (SSSR count). The fourth-order valence-electron chi connectivity index (χ4n) is 4.73. The summed E-state index contributed by atoms with van der Waals surface area (Å²) in [6.45, 7) is 2.60. The zero-order valence-corrected chi connectivity index (χ0v) is 18.3. The van der Waals surface area contributed by atoms with Crippen molar-refractivity contribution in [1.29, 1.82) is 0 Å². The number of hydrogen-bond acceptors (Lipinski definition) is 6. The van der Waals surface area contributed by atoms with Crippen LogP contribution in [0.3, 0.4) is 0 Å². The molecule has 1 aromatic heterocycles. The maximum atomic E-state index is 15.5. The lowest BCUT2D eigenvalue weighted by molar-refractivity contribution is -0.0236. The Hall–Kier alpha value is -2.76. The van der Waals surface area contributed by atoms with Crippen LogP contribution in [0.2, 0.25) is 0 Å². The van der Waals surface area contributed by atoms with Crippen LogP contribution in [0.25, 0.3) is 5.57 Å². The van der Waals surface area contributed by atoms with Crippen LogP contribution in [-0.2, 0) is 14.2 Å². The molecule has 3 aliphatic rings. The summed E-state index contributed by atoms with van der Waals surface area (Å²) in [5.41, 5.74) is 2.67. The van der Waals surface area contributed by atoms with Gasteiger partial charge in [-0.3, -0.25) is 0 Å². The second-order valence-corrected chi connectivity index (χ2v) is 8.10. The largest absolute Gasteiger partial charge is 0.493 e. The minimum atomic E-state index is -1.63. The average molecular weight is 443 g/mol. The number of ether oxygens (including phenoxy) is 3. The number of aromatic nitrogens is 1. The van der Waals surface area contributed by atoms with Crippen molar-refractivity contribution in [3.8, 4) is 0 Å². The van der Waals surface area contributed by atoms with E-state index >= 15 is 8.78 Å². The highest BCUT2D eigenvalue weighted by Crippen LogP contribution is 2.44. The molecule has 32 heavy (non-hydrogen) atoms. The van der Waals surface area contributed by atoms with Crippen LogP contribution in [0.4, 0.5) is 8.78 Å². The van der Waals surface area contributed by atoms with Crippen molar-refractivity contribution in [3.63, 3.8) is 0 Å². The predicted molar refractivity (Wildman–Crippen MR) is 116 cm³/mol. The summed E-state index contributed by atoms with van der Waals surface area (Å²) in [6.07, 6.45) is 5.69. The zero-order valence-electron chi connectivity index (χ0n) is 18.3. The van der Waals surface area contributed by atoms with Gasteiger partial charge in [-0.05, 0) is 35.3 Å². The fraction of sp³-hybridized carbons (Fsp3) is 0.500. The van der Waals surface area contributed by atoms with Crippen molar-refractivity contribution >= 4 is 11.4 Å². The Labute approximate surface area is 187 Å². The molecule has 0 bridgehead atoms. The van der Waals surface area contributed by atoms with E-state index in [9.17, 15) is 0 Å². The van der Waals surface area contributed by atoms with Crippen molar-refractivity contribution in [2.45, 2.75) is 31.8 Å². The van der Waals surface area contributed by atoms with Gasteiger partial charge in [0, 0.05) is 56.9 Å². The molecule has 0 spiro atoms. The molecule has 1 N–H and O–H groups in total. The molecule has 2 aliphatic heterocycles. The van der Waals surface area contributed by atoms with Gasteiger partial charge in [0.2, 0.25) is 0 Å². The van der Waals surface area contributed by atoms with E-state index in [2.05, 4.69) is 34.5 Å². The number of alkyl halides is 2. The molecule has 0 aromatic carbocycles. The highest BCUT2D eigenvalue weighted by molar-refractivity contribution is 5.96. The Morgan fingerprint density at radius 3 is 2.84 bits per heavy atom. The normalized spacial score (nSPS) is 30.1. The summed E-state index contributed by atoms with van der Waals surface area (Å²) in [5.74, 6) is -0.350. The summed E-state index contributed by atoms with van der Waals surface area (Å²) in [7, 11) is 3.03. The second kappa shape index (κ2) is 9.80. The Morgan fingerprint density at radius 1 is 1.28 bits per heavy atom. The summed E-state index contributed by atoms with van der Waals surface area (Å²) in [5, 5.41) is 3.23. The quantitative estimate of drug-likeness (QED) is 0.624. The van der Waals surface area contributed by atoms with Gasteiger partial charge in [0.25, 0.3) is 0 Å². The van der Waals surface area contributed by atoms with Crippen LogP contribution >= 0.6 is 0 Å². The van der Waals surface area contributed by atoms with Crippen molar-refractivity contribution in [1.82, 2.24) is 10.3 Å². The first kappa shape index (κ1) is 22.4. The van der Waals surface area contributed by atoms with E-state index in [0.29, 0.717) is 6.61 Å². The number of nitrogens with zero attached hydrogens (tertiary/aromatic N) is 2. The smallest absolute Gasteiger partial charge is 0.165 e. The highest BCUT2D eigenvalue weighted by atomic mass is 19.1. The van der Waals surface area contributed by atoms with Gasteiger partial charge < -0.3 is 19.5 Å². The summed E-state index contributed by atoms with van der Waals surface area (Å²) in [6, 6.07) is 4.69. The maximum Gasteiger partial charge on any atom is 0.165 e. The Bertz CT molecular complexity index is 932. The molecule has 8 heteroatoms. The molecule has 0 fully saturated rings. The van der Waals surface area contributed by atoms with Crippen LogP contribution in [0.1, 0.15) is 18.9 Å². The lowest BCUT2D eigenvalue weighted by atomic mass is 9.73. The van der Waals surface area contributed by atoms with Gasteiger partial charge >= 0.3 is 0 Å². The molecule has 0 amide bonds. The van der Waals surface area contributed by atoms with Gasteiger partial charge in [-0.1, -0.05) is 6.92 Å². The molecule has 170 valence electrons. The first-order valence-corrected chi connectivity index (χ1v) is 10.7. The molecule has 5 unspecified atom stereocenters. The Morgan fingerprint density at radius 2 is 2.12 bits per heavy atom. The lowest BCUT2D eigenvalue weighted by Crippen LogP contribution is -2.46. The van der Waals surface area contributed by atoms with Crippen LogP contribution in [0.5, 0.6) is 0 Å². The van der Waals surface area contributed by atoms with E-state index < -0.39 is 24.4 Å². The molecule has 0 radical (unpaired) electrons. The standard InChI is InChI=1S/C24H27F2N3O3/c1-14-16(15-5-4-8-27-11-15)12-28-24-20(14)17(13-29-24)23(31-3)21-18(25)6-7-19(22(21)26)32-10-9-30-2/h5,7,11-14,18,20-23H,6,9-10H2,1-3H3,(H,28,29)/t14?,18-,20?,21?,22?,23?/m0/s1. The summed E-state index contributed by atoms with van der Waals surface area (Å²) >= 11 is 0. The monoisotopic (exact) mass is 443 g/mol. The van der Waals surface area contributed by atoms with Gasteiger partial charge in [-0.15, -0.1) is 0 Å². The molecular formula is C24H27F2N3O3. The summed E-state index contributed by atoms with van der Waals surface area (Å²) < 4.78 is 46.8. The second-order valence-electron chi connectivity index (χ2n) is 8.10. The van der Waals surface area contributed by atoms with E-state index in [-0.39, 0.29) is 30.6 Å². The van der Waals surface area contributed by atoms with Crippen LogP contribution in [-0.4, -0.2) is 56.7 Å². The fourth-order valence-corrected chi connectivity index (χ4v) is 4.73. The molecule has 1 aromatic rings. The zero-order chi connectivity index (χ0) is 22.7.